The van der Waals surface area contributed by atoms with E-state index in [1.807, 2.05) is 26.0 Å². The Morgan fingerprint density at radius 1 is 1.11 bits per heavy atom. The van der Waals surface area contributed by atoms with Crippen LogP contribution >= 0.6 is 11.6 Å². The van der Waals surface area contributed by atoms with E-state index in [0.717, 1.165) is 6.42 Å². The van der Waals surface area contributed by atoms with Crippen LogP contribution in [0.4, 0.5) is 0 Å². The number of nitrogens with one attached hydrogen (secondary N) is 1. The summed E-state index contributed by atoms with van der Waals surface area (Å²) >= 11 is 6.24. The zero-order valence-corrected chi connectivity index (χ0v) is 17.0. The van der Waals surface area contributed by atoms with Gasteiger partial charge in [0.2, 0.25) is 0 Å². The molecule has 1 aliphatic rings. The predicted octanol–water partition coefficient (Wildman–Crippen LogP) is 4.39. The van der Waals surface area contributed by atoms with E-state index in [4.69, 9.17) is 25.8 Å². The van der Waals surface area contributed by atoms with Gasteiger partial charge in [-0.25, -0.2) is 0 Å². The lowest BCUT2D eigenvalue weighted by Crippen LogP contribution is -2.40. The van der Waals surface area contributed by atoms with Gasteiger partial charge < -0.3 is 19.5 Å². The van der Waals surface area contributed by atoms with E-state index in [2.05, 4.69) is 35.6 Å². The smallest absolute Gasteiger partial charge is 0.169 e. The highest BCUT2D eigenvalue weighted by Gasteiger charge is 2.34. The summed E-state index contributed by atoms with van der Waals surface area (Å²) in [7, 11) is 1.65. The van der Waals surface area contributed by atoms with Crippen molar-refractivity contribution in [3.63, 3.8) is 0 Å². The standard InChI is InChI=1S/C22H28ClNO3/c1-4-26-21(27-5-2)14-24-19-12-15-8-6-7-9-17(15)22(19)16-10-11-18(23)20(13-16)25-3/h6-11,13,19,21-22,24H,4-5,12,14H2,1-3H3. The minimum atomic E-state index is -0.232. The monoisotopic (exact) mass is 389 g/mol. The van der Waals surface area contributed by atoms with Gasteiger partial charge in [0.25, 0.3) is 0 Å². The van der Waals surface area contributed by atoms with Crippen molar-refractivity contribution in [1.29, 1.82) is 0 Å². The largest absolute Gasteiger partial charge is 0.495 e. The maximum absolute atomic E-state index is 6.24. The highest BCUT2D eigenvalue weighted by molar-refractivity contribution is 6.32. The summed E-state index contributed by atoms with van der Waals surface area (Å²) in [4.78, 5) is 0. The number of methoxy groups -OCH3 is 1. The third-order valence-electron chi connectivity index (χ3n) is 5.02. The van der Waals surface area contributed by atoms with Crippen LogP contribution < -0.4 is 10.1 Å². The van der Waals surface area contributed by atoms with Crippen LogP contribution in [0.3, 0.4) is 0 Å². The molecule has 0 heterocycles. The quantitative estimate of drug-likeness (QED) is 0.645. The molecule has 4 nitrogen and oxygen atoms in total. The van der Waals surface area contributed by atoms with Gasteiger partial charge in [-0.05, 0) is 49.1 Å². The van der Waals surface area contributed by atoms with Gasteiger partial charge in [0, 0.05) is 31.7 Å². The van der Waals surface area contributed by atoms with Crippen LogP contribution in [0.2, 0.25) is 5.02 Å². The maximum atomic E-state index is 6.24. The zero-order valence-electron chi connectivity index (χ0n) is 16.2. The SMILES string of the molecule is CCOC(CNC1Cc2ccccc2C1c1ccc(Cl)c(OC)c1)OCC. The number of hydrogen-bond donors (Lipinski definition) is 1. The third-order valence-corrected chi connectivity index (χ3v) is 5.33. The molecule has 0 saturated heterocycles. The molecule has 2 aromatic carbocycles. The predicted molar refractivity (Wildman–Crippen MR) is 109 cm³/mol. The van der Waals surface area contributed by atoms with Crippen LogP contribution in [0, 0.1) is 0 Å². The molecule has 146 valence electrons. The molecule has 0 radical (unpaired) electrons. The Morgan fingerprint density at radius 2 is 1.85 bits per heavy atom. The minimum Gasteiger partial charge on any atom is -0.495 e. The van der Waals surface area contributed by atoms with Crippen LogP contribution in [-0.2, 0) is 15.9 Å². The van der Waals surface area contributed by atoms with Crippen LogP contribution in [0.1, 0.15) is 36.5 Å². The molecule has 0 aliphatic heterocycles. The number of halogens is 1. The molecule has 5 heteroatoms. The van der Waals surface area contributed by atoms with Crippen molar-refractivity contribution >= 4 is 11.6 Å². The third kappa shape index (κ3) is 4.64. The lowest BCUT2D eigenvalue weighted by molar-refractivity contribution is -0.133. The van der Waals surface area contributed by atoms with Crippen molar-refractivity contribution in [2.24, 2.45) is 0 Å². The highest BCUT2D eigenvalue weighted by Crippen LogP contribution is 2.40. The van der Waals surface area contributed by atoms with E-state index < -0.39 is 0 Å². The van der Waals surface area contributed by atoms with E-state index in [-0.39, 0.29) is 18.2 Å². The molecule has 27 heavy (non-hydrogen) atoms. The van der Waals surface area contributed by atoms with Crippen LogP contribution in [-0.4, -0.2) is 39.2 Å². The number of rotatable bonds is 9. The second-order valence-corrected chi connectivity index (χ2v) is 7.04. The fraction of sp³-hybridized carbons (Fsp3) is 0.455. The number of hydrogen-bond acceptors (Lipinski definition) is 4. The lowest BCUT2D eigenvalue weighted by Gasteiger charge is -2.25. The summed E-state index contributed by atoms with van der Waals surface area (Å²) in [6, 6.07) is 14.9. The first-order valence-corrected chi connectivity index (χ1v) is 9.93. The average Bonchev–Trinajstić information content (AvgIpc) is 3.05. The van der Waals surface area contributed by atoms with E-state index >= 15 is 0 Å². The summed E-state index contributed by atoms with van der Waals surface area (Å²) in [6.45, 7) is 5.89. The molecule has 0 spiro atoms. The van der Waals surface area contributed by atoms with Gasteiger partial charge in [-0.1, -0.05) is 41.9 Å². The van der Waals surface area contributed by atoms with Gasteiger partial charge in [0.15, 0.2) is 6.29 Å². The second kappa shape index (κ2) is 9.56. The van der Waals surface area contributed by atoms with E-state index in [0.29, 0.717) is 30.5 Å². The second-order valence-electron chi connectivity index (χ2n) is 6.63. The van der Waals surface area contributed by atoms with Crippen LogP contribution in [0.5, 0.6) is 5.75 Å². The van der Waals surface area contributed by atoms with Gasteiger partial charge in [0.1, 0.15) is 5.75 Å². The first-order valence-electron chi connectivity index (χ1n) is 9.55. The average molecular weight is 390 g/mol. The molecule has 2 atom stereocenters. The van der Waals surface area contributed by atoms with E-state index in [1.54, 1.807) is 7.11 Å². The molecule has 0 aromatic heterocycles. The van der Waals surface area contributed by atoms with E-state index in [9.17, 15) is 0 Å². The van der Waals surface area contributed by atoms with Crippen molar-refractivity contribution in [3.8, 4) is 5.75 Å². The minimum absolute atomic E-state index is 0.232. The van der Waals surface area contributed by atoms with E-state index in [1.165, 1.54) is 16.7 Å². The summed E-state index contributed by atoms with van der Waals surface area (Å²) in [5.41, 5.74) is 3.92. The molecule has 0 amide bonds. The Balaban J connectivity index is 1.85. The van der Waals surface area contributed by atoms with Crippen LogP contribution in [0.25, 0.3) is 0 Å². The molecule has 1 aliphatic carbocycles. The molecule has 3 rings (SSSR count). The van der Waals surface area contributed by atoms with Gasteiger partial charge in [-0.3, -0.25) is 0 Å². The summed E-state index contributed by atoms with van der Waals surface area (Å²) < 4.78 is 16.8. The van der Waals surface area contributed by atoms with Gasteiger partial charge in [-0.15, -0.1) is 0 Å². The Morgan fingerprint density at radius 3 is 2.56 bits per heavy atom. The summed E-state index contributed by atoms with van der Waals surface area (Å²) in [5, 5.41) is 4.30. The van der Waals surface area contributed by atoms with Gasteiger partial charge in [-0.2, -0.15) is 0 Å². The van der Waals surface area contributed by atoms with Crippen LogP contribution in [0.15, 0.2) is 42.5 Å². The Bertz CT molecular complexity index is 746. The Labute approximate surface area is 166 Å². The molecule has 0 saturated carbocycles. The number of benzene rings is 2. The topological polar surface area (TPSA) is 39.7 Å². The molecular formula is C22H28ClNO3. The molecule has 2 unspecified atom stereocenters. The Hall–Kier alpha value is -1.59. The number of ether oxygens (including phenoxy) is 3. The van der Waals surface area contributed by atoms with Crippen molar-refractivity contribution < 1.29 is 14.2 Å². The normalized spacial score (nSPS) is 18.7. The van der Waals surface area contributed by atoms with Crippen molar-refractivity contribution in [2.45, 2.75) is 38.5 Å². The fourth-order valence-electron chi connectivity index (χ4n) is 3.85. The molecular weight excluding hydrogens is 362 g/mol. The van der Waals surface area contributed by atoms with Crippen molar-refractivity contribution in [3.05, 3.63) is 64.2 Å². The lowest BCUT2D eigenvalue weighted by atomic mass is 9.90. The fourth-order valence-corrected chi connectivity index (χ4v) is 4.05. The first-order chi connectivity index (χ1) is 13.2. The van der Waals surface area contributed by atoms with Crippen molar-refractivity contribution in [2.75, 3.05) is 26.9 Å². The summed E-state index contributed by atoms with van der Waals surface area (Å²) in [6.07, 6.45) is 0.737. The first kappa shape index (κ1) is 20.2. The van der Waals surface area contributed by atoms with Gasteiger partial charge >= 0.3 is 0 Å². The molecule has 2 aromatic rings. The summed E-state index contributed by atoms with van der Waals surface area (Å²) in [5.74, 6) is 0.940. The Kier molecular flexibility index (Phi) is 7.13. The van der Waals surface area contributed by atoms with Gasteiger partial charge in [0.05, 0.1) is 12.1 Å². The zero-order chi connectivity index (χ0) is 19.2. The molecule has 1 N–H and O–H groups in total. The highest BCUT2D eigenvalue weighted by atomic mass is 35.5. The van der Waals surface area contributed by atoms with Crippen molar-refractivity contribution in [1.82, 2.24) is 5.32 Å². The number of fused-ring (bicyclic) bond motifs is 1. The maximum Gasteiger partial charge on any atom is 0.169 e. The molecule has 0 bridgehead atoms. The molecule has 0 fully saturated rings.